The Balaban J connectivity index is 0. The van der Waals surface area contributed by atoms with E-state index in [4.69, 9.17) is 4.55 Å². The van der Waals surface area contributed by atoms with Gasteiger partial charge in [-0.15, -0.1) is 0 Å². The summed E-state index contributed by atoms with van der Waals surface area (Å²) in [6.07, 6.45) is 0. The van der Waals surface area contributed by atoms with E-state index in [0.717, 1.165) is 19.1 Å². The van der Waals surface area contributed by atoms with Gasteiger partial charge in [0.1, 0.15) is 4.90 Å². The normalized spacial score (nSPS) is 10.2. The molecule has 6 nitrogen and oxygen atoms in total. The zero-order valence-corrected chi connectivity index (χ0v) is 12.0. The molecule has 8 heteroatoms. The first-order valence-electron chi connectivity index (χ1n) is 4.11. The van der Waals surface area contributed by atoms with Crippen molar-refractivity contribution in [3.63, 3.8) is 0 Å². The van der Waals surface area contributed by atoms with Crippen LogP contribution in [0.1, 0.15) is 18.7 Å². The Morgan fingerprint density at radius 1 is 1.29 bits per heavy atom. The molecule has 17 heavy (non-hydrogen) atoms. The van der Waals surface area contributed by atoms with Crippen LogP contribution in [0.25, 0.3) is 0 Å². The molecule has 1 rings (SSSR count). The van der Waals surface area contributed by atoms with Crippen LogP contribution in [0.5, 0.6) is 0 Å². The van der Waals surface area contributed by atoms with Gasteiger partial charge in [0, 0.05) is 6.92 Å². The van der Waals surface area contributed by atoms with Crippen molar-refractivity contribution < 1.29 is 58.3 Å². The summed E-state index contributed by atoms with van der Waals surface area (Å²) in [4.78, 5) is 21.2. The molecule has 0 atom stereocenters. The SMILES string of the molecule is CC(=O)OC(=O)c1ccccc1S(=O)(=O)O.[H-].[Na+]. The molecule has 0 aromatic heterocycles. The Bertz CT molecular complexity index is 542. The van der Waals surface area contributed by atoms with Crippen LogP contribution < -0.4 is 29.6 Å². The van der Waals surface area contributed by atoms with Gasteiger partial charge in [-0.05, 0) is 12.1 Å². The first-order valence-corrected chi connectivity index (χ1v) is 5.55. The Hall–Kier alpha value is -0.730. The maximum Gasteiger partial charge on any atom is 1.00 e. The average Bonchev–Trinajstić information content (AvgIpc) is 2.15. The maximum atomic E-state index is 11.3. The second kappa shape index (κ2) is 6.27. The van der Waals surface area contributed by atoms with Gasteiger partial charge in [-0.2, -0.15) is 8.42 Å². The van der Waals surface area contributed by atoms with E-state index in [0.29, 0.717) is 0 Å². The quantitative estimate of drug-likeness (QED) is 0.282. The first-order chi connectivity index (χ1) is 7.32. The van der Waals surface area contributed by atoms with E-state index in [1.807, 2.05) is 0 Å². The number of esters is 2. The van der Waals surface area contributed by atoms with Crippen LogP contribution in [-0.2, 0) is 19.6 Å². The van der Waals surface area contributed by atoms with Crippen molar-refractivity contribution in [3.8, 4) is 0 Å². The number of rotatable bonds is 2. The molecule has 0 amide bonds. The van der Waals surface area contributed by atoms with Crippen molar-refractivity contribution in [1.82, 2.24) is 0 Å². The molecule has 1 aromatic carbocycles. The minimum Gasteiger partial charge on any atom is -1.00 e. The largest absolute Gasteiger partial charge is 1.00 e. The maximum absolute atomic E-state index is 11.3. The van der Waals surface area contributed by atoms with Crippen molar-refractivity contribution >= 4 is 22.1 Å². The topological polar surface area (TPSA) is 97.7 Å². The molecular weight excluding hydrogens is 259 g/mol. The van der Waals surface area contributed by atoms with Crippen molar-refractivity contribution in [3.05, 3.63) is 29.8 Å². The summed E-state index contributed by atoms with van der Waals surface area (Å²) in [5, 5.41) is 0. The van der Waals surface area contributed by atoms with Crippen LogP contribution >= 0.6 is 0 Å². The molecule has 1 aromatic rings. The Kier molecular flexibility index (Phi) is 6.00. The van der Waals surface area contributed by atoms with Gasteiger partial charge < -0.3 is 6.16 Å². The van der Waals surface area contributed by atoms with E-state index in [1.54, 1.807) is 0 Å². The fourth-order valence-corrected chi connectivity index (χ4v) is 1.73. The molecule has 1 N–H and O–H groups in total. The number of hydrogen-bond donors (Lipinski definition) is 1. The van der Waals surface area contributed by atoms with Gasteiger partial charge in [0.15, 0.2) is 0 Å². The molecule has 0 unspecified atom stereocenters. The summed E-state index contributed by atoms with van der Waals surface area (Å²) in [5.41, 5.74) is -0.389. The van der Waals surface area contributed by atoms with Crippen molar-refractivity contribution in [2.45, 2.75) is 11.8 Å². The third-order valence-corrected chi connectivity index (χ3v) is 2.53. The zero-order valence-electron chi connectivity index (χ0n) is 10.2. The monoisotopic (exact) mass is 268 g/mol. The third kappa shape index (κ3) is 4.57. The zero-order chi connectivity index (χ0) is 12.3. The van der Waals surface area contributed by atoms with Crippen LogP contribution in [-0.4, -0.2) is 24.9 Å². The number of hydrogen-bond acceptors (Lipinski definition) is 5. The van der Waals surface area contributed by atoms with Gasteiger partial charge in [0.05, 0.1) is 5.56 Å². The summed E-state index contributed by atoms with van der Waals surface area (Å²) in [6.45, 7) is 1.01. The molecule has 0 aliphatic carbocycles. The van der Waals surface area contributed by atoms with Gasteiger partial charge >= 0.3 is 41.5 Å². The molecule has 0 aliphatic heterocycles. The minimum absolute atomic E-state index is 0. The van der Waals surface area contributed by atoms with Gasteiger partial charge in [-0.25, -0.2) is 4.79 Å². The van der Waals surface area contributed by atoms with Crippen molar-refractivity contribution in [2.75, 3.05) is 0 Å². The second-order valence-electron chi connectivity index (χ2n) is 2.85. The van der Waals surface area contributed by atoms with E-state index in [9.17, 15) is 18.0 Å². The molecule has 0 bridgehead atoms. The van der Waals surface area contributed by atoms with E-state index in [2.05, 4.69) is 4.74 Å². The average molecular weight is 268 g/mol. The Morgan fingerprint density at radius 2 is 1.82 bits per heavy atom. The van der Waals surface area contributed by atoms with E-state index >= 15 is 0 Å². The number of ether oxygens (including phenoxy) is 1. The predicted octanol–water partition coefficient (Wildman–Crippen LogP) is -2.25. The molecule has 0 saturated heterocycles. The molecule has 0 aliphatic rings. The van der Waals surface area contributed by atoms with E-state index in [1.165, 1.54) is 12.1 Å². The summed E-state index contributed by atoms with van der Waals surface area (Å²) in [6, 6.07) is 4.87. The Labute approximate surface area is 121 Å². The number of carbonyl (C=O) groups excluding carboxylic acids is 2. The molecule has 88 valence electrons. The molecule has 0 spiro atoms. The minimum atomic E-state index is -4.53. The van der Waals surface area contributed by atoms with Gasteiger partial charge in [-0.1, -0.05) is 12.1 Å². The summed E-state index contributed by atoms with van der Waals surface area (Å²) < 4.78 is 34.9. The van der Waals surface area contributed by atoms with Crippen LogP contribution in [0.15, 0.2) is 29.2 Å². The molecule has 0 radical (unpaired) electrons. The van der Waals surface area contributed by atoms with Gasteiger partial charge in [0.25, 0.3) is 10.1 Å². The van der Waals surface area contributed by atoms with Crippen LogP contribution in [0.3, 0.4) is 0 Å². The van der Waals surface area contributed by atoms with Crippen LogP contribution in [0, 0.1) is 0 Å². The summed E-state index contributed by atoms with van der Waals surface area (Å²) in [7, 11) is -4.53. The van der Waals surface area contributed by atoms with E-state index in [-0.39, 0.29) is 36.5 Å². The first kappa shape index (κ1) is 16.3. The molecule has 0 saturated carbocycles. The van der Waals surface area contributed by atoms with Crippen molar-refractivity contribution in [1.29, 1.82) is 0 Å². The molecule has 0 heterocycles. The Morgan fingerprint density at radius 3 is 2.29 bits per heavy atom. The molecular formula is C9H9NaO6S. The summed E-state index contributed by atoms with van der Waals surface area (Å²) >= 11 is 0. The van der Waals surface area contributed by atoms with Crippen LogP contribution in [0.4, 0.5) is 0 Å². The number of carbonyl (C=O) groups is 2. The smallest absolute Gasteiger partial charge is 1.00 e. The third-order valence-electron chi connectivity index (χ3n) is 1.62. The van der Waals surface area contributed by atoms with Gasteiger partial charge in [0.2, 0.25) is 0 Å². The second-order valence-corrected chi connectivity index (χ2v) is 4.24. The predicted molar refractivity (Wildman–Crippen MR) is 53.5 cm³/mol. The number of benzene rings is 1. The van der Waals surface area contributed by atoms with Crippen molar-refractivity contribution in [2.24, 2.45) is 0 Å². The fourth-order valence-electron chi connectivity index (χ4n) is 1.05. The standard InChI is InChI=1S/C9H8O6S.Na.H/c1-6(10)15-9(11)7-4-2-3-5-8(7)16(12,13)14;;/h2-5H,1H3,(H,12,13,14);;/q;+1;-1. The fraction of sp³-hybridized carbons (Fsp3) is 0.111. The summed E-state index contributed by atoms with van der Waals surface area (Å²) in [5.74, 6) is -1.99. The van der Waals surface area contributed by atoms with E-state index < -0.39 is 27.0 Å². The molecule has 0 fully saturated rings. The van der Waals surface area contributed by atoms with Crippen LogP contribution in [0.2, 0.25) is 0 Å². The van der Waals surface area contributed by atoms with Gasteiger partial charge in [-0.3, -0.25) is 9.35 Å².